The van der Waals surface area contributed by atoms with Crippen LogP contribution in [0.4, 0.5) is 0 Å². The number of piperazine rings is 1. The van der Waals surface area contributed by atoms with Crippen LogP contribution in [0, 0.1) is 0 Å². The molecule has 2 saturated heterocycles. The van der Waals surface area contributed by atoms with E-state index in [1.807, 2.05) is 30.0 Å². The largest absolute Gasteiger partial charge is 0.355 e. The molecule has 0 aliphatic carbocycles. The van der Waals surface area contributed by atoms with Gasteiger partial charge in [-0.1, -0.05) is 30.3 Å². The van der Waals surface area contributed by atoms with Crippen molar-refractivity contribution >= 4 is 11.8 Å². The third-order valence-electron chi connectivity index (χ3n) is 4.83. The van der Waals surface area contributed by atoms with Crippen LogP contribution in [-0.4, -0.2) is 66.9 Å². The molecule has 2 heterocycles. The van der Waals surface area contributed by atoms with Crippen molar-refractivity contribution in [1.82, 2.24) is 26.0 Å². The lowest BCUT2D eigenvalue weighted by molar-refractivity contribution is -0.135. The average molecular weight is 345 g/mol. The van der Waals surface area contributed by atoms with Crippen LogP contribution < -0.4 is 16.2 Å². The molecule has 0 spiro atoms. The van der Waals surface area contributed by atoms with Gasteiger partial charge in [0.05, 0.1) is 6.54 Å². The summed E-state index contributed by atoms with van der Waals surface area (Å²) >= 11 is 0. The molecule has 7 nitrogen and oxygen atoms in total. The van der Waals surface area contributed by atoms with Gasteiger partial charge < -0.3 is 10.2 Å². The van der Waals surface area contributed by atoms with Gasteiger partial charge in [-0.25, -0.2) is 10.9 Å². The molecule has 0 radical (unpaired) electrons. The molecule has 7 heteroatoms. The van der Waals surface area contributed by atoms with Crippen LogP contribution in [-0.2, 0) is 9.59 Å². The van der Waals surface area contributed by atoms with E-state index in [1.165, 1.54) is 5.56 Å². The number of carbonyl (C=O) groups excluding carboxylic acids is 2. The fourth-order valence-electron chi connectivity index (χ4n) is 3.42. The highest BCUT2D eigenvalue weighted by molar-refractivity contribution is 5.82. The minimum atomic E-state index is -0.194. The summed E-state index contributed by atoms with van der Waals surface area (Å²) < 4.78 is 0. The molecule has 2 unspecified atom stereocenters. The van der Waals surface area contributed by atoms with E-state index >= 15 is 0 Å². The van der Waals surface area contributed by atoms with Crippen molar-refractivity contribution in [2.75, 3.05) is 39.3 Å². The van der Waals surface area contributed by atoms with E-state index in [2.05, 4.69) is 33.2 Å². The van der Waals surface area contributed by atoms with Gasteiger partial charge in [-0.05, 0) is 18.9 Å². The van der Waals surface area contributed by atoms with Gasteiger partial charge in [0, 0.05) is 38.8 Å². The minimum absolute atomic E-state index is 0.0506. The van der Waals surface area contributed by atoms with Crippen LogP contribution in [0.5, 0.6) is 0 Å². The summed E-state index contributed by atoms with van der Waals surface area (Å²) in [6.07, 6.45) is 0.752. The summed E-state index contributed by atoms with van der Waals surface area (Å²) in [6.45, 7) is 5.81. The van der Waals surface area contributed by atoms with Crippen molar-refractivity contribution in [3.63, 3.8) is 0 Å². The fraction of sp³-hybridized carbons (Fsp3) is 0.556. The Morgan fingerprint density at radius 1 is 1.12 bits per heavy atom. The maximum Gasteiger partial charge on any atom is 0.241 e. The number of nitrogens with one attached hydrogen (secondary N) is 3. The molecule has 2 fully saturated rings. The number of nitrogens with zero attached hydrogens (tertiary/aromatic N) is 2. The van der Waals surface area contributed by atoms with Crippen LogP contribution in [0.25, 0.3) is 0 Å². The number of benzene rings is 1. The number of amides is 2. The zero-order chi connectivity index (χ0) is 17.6. The third kappa shape index (κ3) is 4.56. The number of hydrogen-bond acceptors (Lipinski definition) is 5. The second kappa shape index (κ2) is 8.42. The minimum Gasteiger partial charge on any atom is -0.355 e. The molecule has 2 amide bonds. The van der Waals surface area contributed by atoms with Crippen LogP contribution in [0.3, 0.4) is 0 Å². The summed E-state index contributed by atoms with van der Waals surface area (Å²) in [5.41, 5.74) is 7.57. The summed E-state index contributed by atoms with van der Waals surface area (Å²) in [4.78, 5) is 28.4. The molecule has 0 bridgehead atoms. The quantitative estimate of drug-likeness (QED) is 0.693. The highest BCUT2D eigenvalue weighted by atomic mass is 16.2. The van der Waals surface area contributed by atoms with Crippen LogP contribution >= 0.6 is 0 Å². The standard InChI is InChI=1S/C18H27N5O2/c1-2-19-17(24)13-22-8-10-23(11-9-22)18(25)16-12-15(20-21-16)14-6-4-3-5-7-14/h3-7,15-16,20-21H,2,8-13H2,1H3,(H,19,24). The van der Waals surface area contributed by atoms with Crippen LogP contribution in [0.1, 0.15) is 24.9 Å². The first kappa shape index (κ1) is 17.8. The monoisotopic (exact) mass is 345 g/mol. The van der Waals surface area contributed by atoms with Gasteiger partial charge in [-0.15, -0.1) is 0 Å². The Hall–Kier alpha value is -1.96. The molecule has 136 valence electrons. The van der Waals surface area contributed by atoms with E-state index in [0.717, 1.165) is 19.5 Å². The lowest BCUT2D eigenvalue weighted by Crippen LogP contribution is -2.54. The topological polar surface area (TPSA) is 76.7 Å². The number of hydrazine groups is 1. The van der Waals surface area contributed by atoms with Crippen LogP contribution in [0.15, 0.2) is 30.3 Å². The molecule has 25 heavy (non-hydrogen) atoms. The van der Waals surface area contributed by atoms with Gasteiger partial charge in [0.25, 0.3) is 0 Å². The SMILES string of the molecule is CCNC(=O)CN1CCN(C(=O)C2CC(c3ccccc3)NN2)CC1. The highest BCUT2D eigenvalue weighted by Gasteiger charge is 2.34. The second-order valence-electron chi connectivity index (χ2n) is 6.60. The van der Waals surface area contributed by atoms with Crippen molar-refractivity contribution in [2.24, 2.45) is 0 Å². The third-order valence-corrected chi connectivity index (χ3v) is 4.83. The predicted octanol–water partition coefficient (Wildman–Crippen LogP) is -0.125. The normalized spacial score (nSPS) is 24.3. The average Bonchev–Trinajstić information content (AvgIpc) is 3.13. The summed E-state index contributed by atoms with van der Waals surface area (Å²) in [7, 11) is 0. The zero-order valence-electron chi connectivity index (χ0n) is 14.7. The van der Waals surface area contributed by atoms with E-state index in [4.69, 9.17) is 0 Å². The van der Waals surface area contributed by atoms with Gasteiger partial charge in [0.15, 0.2) is 0 Å². The lowest BCUT2D eigenvalue weighted by atomic mass is 10.0. The molecular weight excluding hydrogens is 318 g/mol. The molecule has 2 atom stereocenters. The molecule has 1 aromatic rings. The first-order valence-corrected chi connectivity index (χ1v) is 9.01. The molecule has 3 N–H and O–H groups in total. The van der Waals surface area contributed by atoms with Crippen molar-refractivity contribution in [3.8, 4) is 0 Å². The summed E-state index contributed by atoms with van der Waals surface area (Å²) in [5.74, 6) is 0.193. The van der Waals surface area contributed by atoms with Crippen molar-refractivity contribution < 1.29 is 9.59 Å². The number of likely N-dealkylation sites (N-methyl/N-ethyl adjacent to an activating group) is 1. The van der Waals surface area contributed by atoms with Gasteiger partial charge in [0.2, 0.25) is 11.8 Å². The van der Waals surface area contributed by atoms with Crippen molar-refractivity contribution in [2.45, 2.75) is 25.4 Å². The Balaban J connectivity index is 1.46. The maximum absolute atomic E-state index is 12.7. The molecule has 0 aromatic heterocycles. The Kier molecular flexibility index (Phi) is 6.01. The summed E-state index contributed by atoms with van der Waals surface area (Å²) in [5, 5.41) is 2.81. The molecular formula is C18H27N5O2. The van der Waals surface area contributed by atoms with Gasteiger partial charge in [-0.2, -0.15) is 0 Å². The Morgan fingerprint density at radius 3 is 2.52 bits per heavy atom. The Labute approximate surface area is 148 Å². The van der Waals surface area contributed by atoms with E-state index < -0.39 is 0 Å². The first-order valence-electron chi connectivity index (χ1n) is 9.01. The van der Waals surface area contributed by atoms with Gasteiger partial charge >= 0.3 is 0 Å². The van der Waals surface area contributed by atoms with E-state index in [9.17, 15) is 9.59 Å². The predicted molar refractivity (Wildman–Crippen MR) is 95.6 cm³/mol. The highest BCUT2D eigenvalue weighted by Crippen LogP contribution is 2.23. The number of carbonyl (C=O) groups is 2. The molecule has 2 aliphatic heterocycles. The zero-order valence-corrected chi connectivity index (χ0v) is 14.7. The lowest BCUT2D eigenvalue weighted by Gasteiger charge is -2.35. The Morgan fingerprint density at radius 2 is 1.84 bits per heavy atom. The van der Waals surface area contributed by atoms with Crippen LogP contribution in [0.2, 0.25) is 0 Å². The smallest absolute Gasteiger partial charge is 0.241 e. The molecule has 2 aliphatic rings. The van der Waals surface area contributed by atoms with Crippen molar-refractivity contribution in [1.29, 1.82) is 0 Å². The Bertz CT molecular complexity index is 586. The van der Waals surface area contributed by atoms with E-state index in [1.54, 1.807) is 0 Å². The van der Waals surface area contributed by atoms with Crippen molar-refractivity contribution in [3.05, 3.63) is 35.9 Å². The molecule has 0 saturated carbocycles. The maximum atomic E-state index is 12.7. The summed E-state index contributed by atoms with van der Waals surface area (Å²) in [6, 6.07) is 10.1. The van der Waals surface area contributed by atoms with E-state index in [0.29, 0.717) is 26.2 Å². The number of rotatable bonds is 5. The molecule has 1 aromatic carbocycles. The number of hydrogen-bond donors (Lipinski definition) is 3. The second-order valence-corrected chi connectivity index (χ2v) is 6.60. The molecule has 3 rings (SSSR count). The first-order chi connectivity index (χ1) is 12.2. The van der Waals surface area contributed by atoms with Gasteiger partial charge in [0.1, 0.15) is 6.04 Å². The van der Waals surface area contributed by atoms with Gasteiger partial charge in [-0.3, -0.25) is 14.5 Å². The fourth-order valence-corrected chi connectivity index (χ4v) is 3.42. The van der Waals surface area contributed by atoms with E-state index in [-0.39, 0.29) is 23.9 Å².